The fourth-order valence-corrected chi connectivity index (χ4v) is 7.48. The average molecular weight is 888 g/mol. The summed E-state index contributed by atoms with van der Waals surface area (Å²) in [6, 6.07) is 40.6. The van der Waals surface area contributed by atoms with Gasteiger partial charge in [-0.15, -0.1) is 29.7 Å². The summed E-state index contributed by atoms with van der Waals surface area (Å²) in [5, 5.41) is 2.24. The maximum absolute atomic E-state index is 6.54. The van der Waals surface area contributed by atoms with E-state index >= 15 is 0 Å². The van der Waals surface area contributed by atoms with Gasteiger partial charge in [0, 0.05) is 50.0 Å². The molecule has 0 aliphatic carbocycles. The summed E-state index contributed by atoms with van der Waals surface area (Å²) >= 11 is 0. The van der Waals surface area contributed by atoms with Crippen molar-refractivity contribution in [3.05, 3.63) is 161 Å². The minimum atomic E-state index is -0.0103. The van der Waals surface area contributed by atoms with Crippen molar-refractivity contribution in [2.45, 2.75) is 67.7 Å². The van der Waals surface area contributed by atoms with Crippen LogP contribution in [0.3, 0.4) is 0 Å². The number of hydrogen-bond donors (Lipinski definition) is 0. The van der Waals surface area contributed by atoms with E-state index in [1.165, 1.54) is 38.9 Å². The molecule has 54 heavy (non-hydrogen) atoms. The predicted octanol–water partition coefficient (Wildman–Crippen LogP) is 11.3. The number of pyridine rings is 1. The van der Waals surface area contributed by atoms with E-state index in [1.54, 1.807) is 0 Å². The molecule has 0 aliphatic heterocycles. The molecule has 0 atom stereocenters. The summed E-state index contributed by atoms with van der Waals surface area (Å²) in [5.41, 5.74) is 15.0. The van der Waals surface area contributed by atoms with Crippen LogP contribution in [0, 0.1) is 60.0 Å². The third kappa shape index (κ3) is 6.29. The van der Waals surface area contributed by atoms with Crippen LogP contribution in [0.25, 0.3) is 50.1 Å². The van der Waals surface area contributed by atoms with Crippen LogP contribution in [-0.4, -0.2) is 14.1 Å². The molecule has 0 aliphatic rings. The molecule has 0 saturated heterocycles. The van der Waals surface area contributed by atoms with Crippen LogP contribution in [0.4, 0.5) is 0 Å². The maximum atomic E-state index is 6.54. The molecule has 0 amide bonds. The molecule has 8 rings (SSSR count). The van der Waals surface area contributed by atoms with Gasteiger partial charge in [0.2, 0.25) is 0 Å². The van der Waals surface area contributed by atoms with E-state index in [2.05, 4.69) is 173 Å². The maximum Gasteiger partial charge on any atom is 0.267 e. The second-order valence-corrected chi connectivity index (χ2v) is 15.1. The zero-order chi connectivity index (χ0) is 37.2. The number of nitrogens with zero attached hydrogens (tertiary/aromatic N) is 4. The van der Waals surface area contributed by atoms with Crippen molar-refractivity contribution in [2.75, 3.05) is 0 Å². The Hall–Kier alpha value is -5.25. The fraction of sp³-hybridized carbons (Fsp3) is 0.208. The third-order valence-electron chi connectivity index (χ3n) is 10.9. The molecule has 0 unspecified atom stereocenters. The number of benzene rings is 5. The number of ether oxygens (including phenoxy) is 1. The number of imidazole rings is 1. The zero-order valence-electron chi connectivity index (χ0n) is 32.3. The van der Waals surface area contributed by atoms with Gasteiger partial charge in [-0.05, 0) is 115 Å². The molecular formula is C48H44N4OPt-2. The van der Waals surface area contributed by atoms with Crippen molar-refractivity contribution in [1.29, 1.82) is 0 Å². The van der Waals surface area contributed by atoms with Crippen molar-refractivity contribution in [1.82, 2.24) is 14.1 Å². The molecule has 0 bridgehead atoms. The van der Waals surface area contributed by atoms with Crippen molar-refractivity contribution < 1.29 is 30.4 Å². The molecule has 0 N–H and O–H groups in total. The Morgan fingerprint density at radius 1 is 0.685 bits per heavy atom. The molecule has 0 spiro atoms. The Balaban J connectivity index is 0.00000450. The zero-order valence-corrected chi connectivity index (χ0v) is 34.6. The van der Waals surface area contributed by atoms with E-state index in [9.17, 15) is 0 Å². The van der Waals surface area contributed by atoms with E-state index in [4.69, 9.17) is 9.72 Å². The molecule has 0 radical (unpaired) electrons. The van der Waals surface area contributed by atoms with Gasteiger partial charge in [0.25, 0.3) is 6.33 Å². The predicted molar refractivity (Wildman–Crippen MR) is 215 cm³/mol. The number of aromatic nitrogens is 4. The van der Waals surface area contributed by atoms with E-state index < -0.39 is 0 Å². The minimum absolute atomic E-state index is 0. The second kappa shape index (κ2) is 14.2. The van der Waals surface area contributed by atoms with Crippen molar-refractivity contribution >= 4 is 21.8 Å². The summed E-state index contributed by atoms with van der Waals surface area (Å²) in [6.45, 7) is 19.9. The van der Waals surface area contributed by atoms with Crippen LogP contribution in [0.5, 0.6) is 11.5 Å². The molecule has 6 heteroatoms. The average Bonchev–Trinajstić information content (AvgIpc) is 3.65. The first-order chi connectivity index (χ1) is 25.4. The topological polar surface area (TPSA) is 35.9 Å². The Kier molecular flexibility index (Phi) is 9.74. The monoisotopic (exact) mass is 887 g/mol. The van der Waals surface area contributed by atoms with Gasteiger partial charge in [-0.3, -0.25) is 4.57 Å². The SMILES string of the molecule is Cc1c(C)c(C)c(-[n+]2[c-]n(-c3[c-]c(Oc4[c-]c5c(cc4)c4ccccc4n5-c4cc(C(C)(C)C)ccn4)ccc3)c(C)c2C)c(-c2ccccc2)c1C.[Pt]. The summed E-state index contributed by atoms with van der Waals surface area (Å²) < 4.78 is 13.0. The Labute approximate surface area is 333 Å². The molecule has 5 aromatic carbocycles. The largest absolute Gasteiger partial charge is 0.510 e. The Bertz CT molecular complexity index is 2700. The number of para-hydroxylation sites is 1. The molecule has 3 aromatic heterocycles. The van der Waals surface area contributed by atoms with E-state index in [0.717, 1.165) is 50.4 Å². The summed E-state index contributed by atoms with van der Waals surface area (Å²) in [4.78, 5) is 4.82. The van der Waals surface area contributed by atoms with Crippen LogP contribution in [0.1, 0.15) is 60.0 Å². The van der Waals surface area contributed by atoms with Gasteiger partial charge < -0.3 is 13.9 Å². The van der Waals surface area contributed by atoms with Crippen LogP contribution in [0.15, 0.2) is 103 Å². The summed E-state index contributed by atoms with van der Waals surface area (Å²) in [7, 11) is 0. The molecule has 8 aromatic rings. The number of hydrogen-bond acceptors (Lipinski definition) is 2. The van der Waals surface area contributed by atoms with E-state index in [0.29, 0.717) is 11.5 Å². The first-order valence-corrected chi connectivity index (χ1v) is 18.2. The second-order valence-electron chi connectivity index (χ2n) is 15.1. The Morgan fingerprint density at radius 2 is 1.39 bits per heavy atom. The van der Waals surface area contributed by atoms with Crippen LogP contribution >= 0.6 is 0 Å². The first kappa shape index (κ1) is 37.1. The fourth-order valence-electron chi connectivity index (χ4n) is 7.48. The van der Waals surface area contributed by atoms with Gasteiger partial charge in [0.15, 0.2) is 0 Å². The molecule has 0 saturated carbocycles. The normalized spacial score (nSPS) is 11.6. The van der Waals surface area contributed by atoms with E-state index in [1.807, 2.05) is 24.4 Å². The smallest absolute Gasteiger partial charge is 0.267 e. The van der Waals surface area contributed by atoms with Gasteiger partial charge in [-0.25, -0.2) is 4.98 Å². The molecular weight excluding hydrogens is 844 g/mol. The molecule has 5 nitrogen and oxygen atoms in total. The van der Waals surface area contributed by atoms with Crippen molar-refractivity contribution in [3.63, 3.8) is 0 Å². The number of fused-ring (bicyclic) bond motifs is 3. The van der Waals surface area contributed by atoms with Crippen molar-refractivity contribution in [2.24, 2.45) is 0 Å². The van der Waals surface area contributed by atoms with Gasteiger partial charge in [-0.2, -0.15) is 18.2 Å². The van der Waals surface area contributed by atoms with Crippen LogP contribution < -0.4 is 9.30 Å². The molecule has 3 heterocycles. The van der Waals surface area contributed by atoms with Crippen molar-refractivity contribution in [3.8, 4) is 39.8 Å². The van der Waals surface area contributed by atoms with Gasteiger partial charge in [0.1, 0.15) is 5.82 Å². The quantitative estimate of drug-likeness (QED) is 0.123. The molecule has 274 valence electrons. The van der Waals surface area contributed by atoms with E-state index in [-0.39, 0.29) is 26.5 Å². The Morgan fingerprint density at radius 3 is 2.15 bits per heavy atom. The first-order valence-electron chi connectivity index (χ1n) is 18.2. The standard InChI is InChI=1S/C48H44N4O.Pt/c1-30-31(2)33(4)47(46(32(30)3)36-16-11-10-12-17-36)51-29-50(34(5)35(51)6)38-18-15-19-39(27-38)53-40-22-23-42-41-20-13-14-21-43(41)52(44(42)28-40)45-26-37(24-25-49-45)48(7,8)9;/h10-26H,1-9H3;/q-2;. The van der Waals surface area contributed by atoms with Crippen LogP contribution in [-0.2, 0) is 26.5 Å². The molecule has 0 fully saturated rings. The van der Waals surface area contributed by atoms with Gasteiger partial charge in [-0.1, -0.05) is 74.8 Å². The third-order valence-corrected chi connectivity index (χ3v) is 10.9. The minimum Gasteiger partial charge on any atom is -0.510 e. The number of rotatable bonds is 6. The summed E-state index contributed by atoms with van der Waals surface area (Å²) in [6.07, 6.45) is 5.60. The van der Waals surface area contributed by atoms with Gasteiger partial charge >= 0.3 is 0 Å². The van der Waals surface area contributed by atoms with Crippen LogP contribution in [0.2, 0.25) is 0 Å². The van der Waals surface area contributed by atoms with Gasteiger partial charge in [0.05, 0.1) is 11.4 Å². The summed E-state index contributed by atoms with van der Waals surface area (Å²) in [5.74, 6) is 2.06.